The molecule has 0 radical (unpaired) electrons. The molecule has 2 aromatic heterocycles. The van der Waals surface area contributed by atoms with E-state index >= 15 is 0 Å². The van der Waals surface area contributed by atoms with E-state index in [-0.39, 0.29) is 18.2 Å². The lowest BCUT2D eigenvalue weighted by atomic mass is 10.1. The second-order valence-electron chi connectivity index (χ2n) is 7.35. The van der Waals surface area contributed by atoms with Crippen molar-refractivity contribution in [1.29, 1.82) is 0 Å². The Balaban J connectivity index is 2.02. The first-order valence-electron chi connectivity index (χ1n) is 10.2. The number of aromatic nitrogens is 3. The van der Waals surface area contributed by atoms with E-state index in [0.717, 1.165) is 17.0 Å². The molecule has 166 valence electrons. The van der Waals surface area contributed by atoms with Gasteiger partial charge in [-0.25, -0.2) is 4.98 Å². The third kappa shape index (κ3) is 4.73. The number of aliphatic hydroxyl groups is 1. The van der Waals surface area contributed by atoms with E-state index in [9.17, 15) is 9.90 Å². The standard InChI is InChI=1S/C25H28N4O3/c1-6-8-20(7-2)18(4)29-14-19(15-30)11-22(25(29)31)27-21-9-10-23(24(12-21)32-5)28-13-17(3)26-16-28/h6-14,16,18,27,30H,1-2,15H2,3-5H3/b20-8+/t18-/m0/s1. The van der Waals surface area contributed by atoms with E-state index in [1.165, 1.54) is 0 Å². The highest BCUT2D eigenvalue weighted by Gasteiger charge is 2.15. The van der Waals surface area contributed by atoms with Gasteiger partial charge in [-0.2, -0.15) is 0 Å². The molecule has 0 fully saturated rings. The number of rotatable bonds is 9. The first-order valence-corrected chi connectivity index (χ1v) is 10.2. The maximum absolute atomic E-state index is 13.2. The van der Waals surface area contributed by atoms with Gasteiger partial charge in [-0.15, -0.1) is 0 Å². The van der Waals surface area contributed by atoms with Gasteiger partial charge >= 0.3 is 0 Å². The fraction of sp³-hybridized carbons (Fsp3) is 0.200. The molecular formula is C25H28N4O3. The van der Waals surface area contributed by atoms with Crippen LogP contribution in [0.3, 0.4) is 0 Å². The number of anilines is 2. The van der Waals surface area contributed by atoms with Crippen molar-refractivity contribution in [2.24, 2.45) is 0 Å². The fourth-order valence-corrected chi connectivity index (χ4v) is 3.48. The number of allylic oxidation sites excluding steroid dienone is 4. The van der Waals surface area contributed by atoms with Crippen LogP contribution in [0.1, 0.15) is 24.2 Å². The Morgan fingerprint density at radius 2 is 2.09 bits per heavy atom. The maximum Gasteiger partial charge on any atom is 0.274 e. The highest BCUT2D eigenvalue weighted by Crippen LogP contribution is 2.28. The van der Waals surface area contributed by atoms with Crippen LogP contribution in [0.15, 0.2) is 84.7 Å². The molecule has 1 atom stereocenters. The second kappa shape index (κ2) is 9.98. The number of nitrogens with zero attached hydrogens (tertiary/aromatic N) is 3. The normalized spacial score (nSPS) is 12.3. The van der Waals surface area contributed by atoms with Crippen molar-refractivity contribution in [2.45, 2.75) is 26.5 Å². The summed E-state index contributed by atoms with van der Waals surface area (Å²) in [6.45, 7) is 11.2. The number of hydrogen-bond acceptors (Lipinski definition) is 5. The summed E-state index contributed by atoms with van der Waals surface area (Å²) in [6, 6.07) is 6.93. The molecule has 7 nitrogen and oxygen atoms in total. The molecule has 0 aliphatic carbocycles. The molecule has 2 heterocycles. The predicted octanol–water partition coefficient (Wildman–Crippen LogP) is 4.45. The first kappa shape index (κ1) is 22.8. The quantitative estimate of drug-likeness (QED) is 0.489. The van der Waals surface area contributed by atoms with Crippen molar-refractivity contribution in [3.05, 3.63) is 102 Å². The lowest BCUT2D eigenvalue weighted by Crippen LogP contribution is -2.26. The largest absolute Gasteiger partial charge is 0.494 e. The van der Waals surface area contributed by atoms with Gasteiger partial charge in [0.1, 0.15) is 11.4 Å². The van der Waals surface area contributed by atoms with Crippen LogP contribution in [0.5, 0.6) is 5.75 Å². The third-order valence-electron chi connectivity index (χ3n) is 5.18. The van der Waals surface area contributed by atoms with Gasteiger partial charge in [-0.1, -0.05) is 31.4 Å². The van der Waals surface area contributed by atoms with Crippen LogP contribution in [-0.2, 0) is 6.61 Å². The Labute approximate surface area is 187 Å². The molecule has 0 amide bonds. The van der Waals surface area contributed by atoms with E-state index in [4.69, 9.17) is 4.74 Å². The number of aryl methyl sites for hydroxylation is 1. The zero-order chi connectivity index (χ0) is 23.3. The van der Waals surface area contributed by atoms with Gasteiger partial charge in [-0.3, -0.25) is 4.79 Å². The number of pyridine rings is 1. The molecule has 1 aromatic carbocycles. The van der Waals surface area contributed by atoms with Crippen LogP contribution in [0.2, 0.25) is 0 Å². The Hall–Kier alpha value is -3.84. The molecule has 0 unspecified atom stereocenters. The highest BCUT2D eigenvalue weighted by molar-refractivity contribution is 5.65. The fourth-order valence-electron chi connectivity index (χ4n) is 3.48. The Kier molecular flexibility index (Phi) is 7.12. The van der Waals surface area contributed by atoms with Gasteiger partial charge in [0.2, 0.25) is 0 Å². The minimum absolute atomic E-state index is 0.196. The lowest BCUT2D eigenvalue weighted by molar-refractivity contribution is 0.280. The number of hydrogen-bond donors (Lipinski definition) is 2. The predicted molar refractivity (Wildman–Crippen MR) is 128 cm³/mol. The van der Waals surface area contributed by atoms with E-state index in [1.807, 2.05) is 48.9 Å². The van der Waals surface area contributed by atoms with Crippen LogP contribution in [0, 0.1) is 6.92 Å². The molecular weight excluding hydrogens is 404 g/mol. The average Bonchev–Trinajstić information content (AvgIpc) is 3.24. The Morgan fingerprint density at radius 1 is 1.31 bits per heavy atom. The first-order chi connectivity index (χ1) is 15.4. The van der Waals surface area contributed by atoms with Crippen molar-refractivity contribution in [1.82, 2.24) is 14.1 Å². The zero-order valence-electron chi connectivity index (χ0n) is 18.6. The molecule has 32 heavy (non-hydrogen) atoms. The molecule has 7 heteroatoms. The average molecular weight is 433 g/mol. The summed E-state index contributed by atoms with van der Waals surface area (Å²) in [5.41, 5.74) is 3.98. The minimum atomic E-state index is -0.286. The van der Waals surface area contributed by atoms with Crippen LogP contribution < -0.4 is 15.6 Å². The van der Waals surface area contributed by atoms with Crippen LogP contribution in [0.25, 0.3) is 5.69 Å². The van der Waals surface area contributed by atoms with E-state index in [2.05, 4.69) is 23.5 Å². The summed E-state index contributed by atoms with van der Waals surface area (Å²) in [6.07, 6.45) is 10.4. The van der Waals surface area contributed by atoms with Crippen molar-refractivity contribution in [3.8, 4) is 11.4 Å². The van der Waals surface area contributed by atoms with Gasteiger partial charge < -0.3 is 24.3 Å². The van der Waals surface area contributed by atoms with Gasteiger partial charge in [0.15, 0.2) is 0 Å². The number of benzene rings is 1. The highest BCUT2D eigenvalue weighted by atomic mass is 16.5. The SMILES string of the molecule is C=C/C=C(\C=C)[C@H](C)n1cc(CO)cc(Nc2ccc(-n3cnc(C)c3)c(OC)c2)c1=O. The smallest absolute Gasteiger partial charge is 0.274 e. The summed E-state index contributed by atoms with van der Waals surface area (Å²) in [5.74, 6) is 0.627. The van der Waals surface area contributed by atoms with Gasteiger partial charge in [0.25, 0.3) is 5.56 Å². The maximum atomic E-state index is 13.2. The minimum Gasteiger partial charge on any atom is -0.494 e. The van der Waals surface area contributed by atoms with Crippen LogP contribution in [0.4, 0.5) is 11.4 Å². The summed E-state index contributed by atoms with van der Waals surface area (Å²) < 4.78 is 9.01. The van der Waals surface area contributed by atoms with Crippen LogP contribution >= 0.6 is 0 Å². The van der Waals surface area contributed by atoms with Crippen LogP contribution in [-0.4, -0.2) is 26.3 Å². The number of aliphatic hydroxyl groups excluding tert-OH is 1. The van der Waals surface area contributed by atoms with Crippen molar-refractivity contribution < 1.29 is 9.84 Å². The summed E-state index contributed by atoms with van der Waals surface area (Å²) in [5, 5.41) is 12.9. The molecule has 0 aliphatic rings. The van der Waals surface area contributed by atoms with Crippen molar-refractivity contribution in [2.75, 3.05) is 12.4 Å². The van der Waals surface area contributed by atoms with Gasteiger partial charge in [-0.05, 0) is 43.2 Å². The lowest BCUT2D eigenvalue weighted by Gasteiger charge is -2.19. The summed E-state index contributed by atoms with van der Waals surface area (Å²) in [4.78, 5) is 17.5. The summed E-state index contributed by atoms with van der Waals surface area (Å²) >= 11 is 0. The number of nitrogens with one attached hydrogen (secondary N) is 1. The second-order valence-corrected chi connectivity index (χ2v) is 7.35. The molecule has 0 saturated heterocycles. The molecule has 3 aromatic rings. The molecule has 0 bridgehead atoms. The van der Waals surface area contributed by atoms with Crippen molar-refractivity contribution >= 4 is 11.4 Å². The Morgan fingerprint density at radius 3 is 2.69 bits per heavy atom. The van der Waals surface area contributed by atoms with Crippen molar-refractivity contribution in [3.63, 3.8) is 0 Å². The number of imidazole rings is 1. The summed E-state index contributed by atoms with van der Waals surface area (Å²) in [7, 11) is 1.59. The molecule has 2 N–H and O–H groups in total. The van der Waals surface area contributed by atoms with Gasteiger partial charge in [0.05, 0.1) is 37.5 Å². The molecule has 0 spiro atoms. The van der Waals surface area contributed by atoms with Gasteiger partial charge in [0, 0.05) is 24.1 Å². The number of ether oxygens (including phenoxy) is 1. The molecule has 0 aliphatic heterocycles. The topological polar surface area (TPSA) is 81.3 Å². The van der Waals surface area contributed by atoms with E-state index in [0.29, 0.717) is 22.7 Å². The monoisotopic (exact) mass is 432 g/mol. The third-order valence-corrected chi connectivity index (χ3v) is 5.18. The Bertz CT molecular complexity index is 1220. The van der Waals surface area contributed by atoms with E-state index in [1.54, 1.807) is 42.4 Å². The van der Waals surface area contributed by atoms with E-state index < -0.39 is 0 Å². The molecule has 3 rings (SSSR count). The number of methoxy groups -OCH3 is 1. The zero-order valence-corrected chi connectivity index (χ0v) is 18.6. The molecule has 0 saturated carbocycles.